The molecule has 0 unspecified atom stereocenters. The average Bonchev–Trinajstić information content (AvgIpc) is 2.96. The van der Waals surface area contributed by atoms with E-state index in [1.807, 2.05) is 0 Å². The van der Waals surface area contributed by atoms with Crippen LogP contribution in [0.15, 0.2) is 0 Å². The van der Waals surface area contributed by atoms with E-state index in [4.69, 9.17) is 10.5 Å². The van der Waals surface area contributed by atoms with Crippen molar-refractivity contribution >= 4 is 17.9 Å². The van der Waals surface area contributed by atoms with Crippen molar-refractivity contribution in [1.29, 1.82) is 0 Å². The molecule has 0 aromatic heterocycles. The molecule has 0 radical (unpaired) electrons. The molecule has 2 heterocycles. The number of nitrogens with two attached hydrogens (primary N) is 1. The Morgan fingerprint density at radius 3 is 2.28 bits per heavy atom. The summed E-state index contributed by atoms with van der Waals surface area (Å²) in [5.74, 6) is -4.83. The van der Waals surface area contributed by atoms with Crippen molar-refractivity contribution in [3.63, 3.8) is 0 Å². The minimum Gasteiger partial charge on any atom is -0.444 e. The highest BCUT2D eigenvalue weighted by molar-refractivity contribution is 5.92. The molecule has 2 fully saturated rings. The maximum atomic E-state index is 13.7. The van der Waals surface area contributed by atoms with E-state index in [0.717, 1.165) is 4.90 Å². The minimum absolute atomic E-state index is 0.265. The van der Waals surface area contributed by atoms with Crippen LogP contribution in [-0.4, -0.2) is 63.9 Å². The van der Waals surface area contributed by atoms with Crippen LogP contribution in [-0.2, 0) is 14.3 Å². The van der Waals surface area contributed by atoms with E-state index in [1.54, 1.807) is 27.7 Å². The Hall–Kier alpha value is -1.93. The largest absolute Gasteiger partial charge is 0.444 e. The van der Waals surface area contributed by atoms with E-state index in [2.05, 4.69) is 0 Å². The number of amides is 3. The number of alkyl halides is 2. The fourth-order valence-corrected chi connectivity index (χ4v) is 3.34. The maximum absolute atomic E-state index is 13.7. The summed E-state index contributed by atoms with van der Waals surface area (Å²) in [6.07, 6.45) is -0.589. The standard InChI is InChI=1S/C16H25F2N3O4/c1-9-5-6-10(21(9)14(24)25-15(2,3)4)13(23)20-8-16(17,18)7-11(20)12(19)22/h9-11H,5-8H2,1-4H3,(H2,19,22)/t9-,10-,11-/m0/s1. The molecule has 2 rings (SSSR count). The van der Waals surface area contributed by atoms with E-state index < -0.39 is 54.5 Å². The summed E-state index contributed by atoms with van der Waals surface area (Å²) in [4.78, 5) is 38.8. The van der Waals surface area contributed by atoms with E-state index >= 15 is 0 Å². The first-order chi connectivity index (χ1) is 11.3. The van der Waals surface area contributed by atoms with Crippen molar-refractivity contribution < 1.29 is 27.9 Å². The van der Waals surface area contributed by atoms with E-state index in [9.17, 15) is 23.2 Å². The second-order valence-corrected chi connectivity index (χ2v) is 7.77. The van der Waals surface area contributed by atoms with Gasteiger partial charge in [-0.05, 0) is 40.5 Å². The lowest BCUT2D eigenvalue weighted by molar-refractivity contribution is -0.141. The zero-order valence-corrected chi connectivity index (χ0v) is 14.9. The topological polar surface area (TPSA) is 92.9 Å². The number of likely N-dealkylation sites (tertiary alicyclic amines) is 2. The maximum Gasteiger partial charge on any atom is 0.411 e. The molecule has 2 aliphatic rings. The molecule has 25 heavy (non-hydrogen) atoms. The van der Waals surface area contributed by atoms with Gasteiger partial charge in [-0.15, -0.1) is 0 Å². The second kappa shape index (κ2) is 6.42. The van der Waals surface area contributed by atoms with Gasteiger partial charge in [0.05, 0.1) is 6.54 Å². The summed E-state index contributed by atoms with van der Waals surface area (Å²) >= 11 is 0. The molecule has 0 aromatic carbocycles. The van der Waals surface area contributed by atoms with Gasteiger partial charge in [0, 0.05) is 12.5 Å². The van der Waals surface area contributed by atoms with Gasteiger partial charge in [0.25, 0.3) is 5.92 Å². The molecule has 0 bridgehead atoms. The van der Waals surface area contributed by atoms with Gasteiger partial charge >= 0.3 is 6.09 Å². The van der Waals surface area contributed by atoms with Gasteiger partial charge in [0.2, 0.25) is 11.8 Å². The summed E-state index contributed by atoms with van der Waals surface area (Å²) in [5.41, 5.74) is 4.43. The van der Waals surface area contributed by atoms with Crippen molar-refractivity contribution in [2.24, 2.45) is 5.73 Å². The highest BCUT2D eigenvalue weighted by Crippen LogP contribution is 2.35. The molecule has 2 N–H and O–H groups in total. The Morgan fingerprint density at radius 2 is 1.76 bits per heavy atom. The van der Waals surface area contributed by atoms with Crippen molar-refractivity contribution in [2.45, 2.75) is 76.6 Å². The lowest BCUT2D eigenvalue weighted by Crippen LogP contribution is -2.54. The minimum atomic E-state index is -3.17. The first-order valence-electron chi connectivity index (χ1n) is 8.31. The lowest BCUT2D eigenvalue weighted by Gasteiger charge is -2.33. The van der Waals surface area contributed by atoms with E-state index in [0.29, 0.717) is 12.8 Å². The van der Waals surface area contributed by atoms with Gasteiger partial charge in [-0.25, -0.2) is 13.6 Å². The smallest absolute Gasteiger partial charge is 0.411 e. The number of nitrogens with zero attached hydrogens (tertiary/aromatic N) is 2. The number of rotatable bonds is 2. The van der Waals surface area contributed by atoms with Gasteiger partial charge in [-0.1, -0.05) is 0 Å². The molecule has 0 aromatic rings. The van der Waals surface area contributed by atoms with Crippen molar-refractivity contribution in [3.8, 4) is 0 Å². The second-order valence-electron chi connectivity index (χ2n) is 7.77. The van der Waals surface area contributed by atoms with Gasteiger partial charge in [0.1, 0.15) is 17.7 Å². The summed E-state index contributed by atoms with van der Waals surface area (Å²) in [6, 6.07) is -2.56. The molecular formula is C16H25F2N3O4. The van der Waals surface area contributed by atoms with Gasteiger partial charge in [0.15, 0.2) is 0 Å². The molecule has 2 aliphatic heterocycles. The third-order valence-corrected chi connectivity index (χ3v) is 4.44. The highest BCUT2D eigenvalue weighted by atomic mass is 19.3. The highest BCUT2D eigenvalue weighted by Gasteiger charge is 2.52. The van der Waals surface area contributed by atoms with Crippen LogP contribution in [0.2, 0.25) is 0 Å². The van der Waals surface area contributed by atoms with Gasteiger partial charge < -0.3 is 15.4 Å². The predicted molar refractivity (Wildman–Crippen MR) is 84.8 cm³/mol. The van der Waals surface area contributed by atoms with Crippen LogP contribution < -0.4 is 5.73 Å². The van der Waals surface area contributed by atoms with Crippen LogP contribution in [0.25, 0.3) is 0 Å². The molecule has 3 amide bonds. The summed E-state index contributed by atoms with van der Waals surface area (Å²) in [7, 11) is 0. The molecular weight excluding hydrogens is 336 g/mol. The summed E-state index contributed by atoms with van der Waals surface area (Å²) in [6.45, 7) is 6.00. The molecule has 0 saturated carbocycles. The van der Waals surface area contributed by atoms with E-state index in [-0.39, 0.29) is 6.04 Å². The number of carbonyl (C=O) groups excluding carboxylic acids is 3. The van der Waals surface area contributed by atoms with Crippen LogP contribution in [0.5, 0.6) is 0 Å². The number of ether oxygens (including phenoxy) is 1. The first-order valence-corrected chi connectivity index (χ1v) is 8.31. The zero-order valence-electron chi connectivity index (χ0n) is 14.9. The number of hydrogen-bond donors (Lipinski definition) is 1. The van der Waals surface area contributed by atoms with Gasteiger partial charge in [-0.3, -0.25) is 14.5 Å². The molecule has 142 valence electrons. The first kappa shape index (κ1) is 19.4. The van der Waals surface area contributed by atoms with Crippen LogP contribution >= 0.6 is 0 Å². The van der Waals surface area contributed by atoms with E-state index in [1.165, 1.54) is 4.90 Å². The van der Waals surface area contributed by atoms with Crippen LogP contribution in [0.4, 0.5) is 13.6 Å². The fourth-order valence-electron chi connectivity index (χ4n) is 3.34. The molecule has 9 heteroatoms. The third kappa shape index (κ3) is 4.19. The molecule has 2 saturated heterocycles. The summed E-state index contributed by atoms with van der Waals surface area (Å²) < 4.78 is 32.7. The van der Waals surface area contributed by atoms with Crippen molar-refractivity contribution in [2.75, 3.05) is 6.54 Å². The number of hydrogen-bond acceptors (Lipinski definition) is 4. The Bertz CT molecular complexity index is 576. The monoisotopic (exact) mass is 361 g/mol. The quantitative estimate of drug-likeness (QED) is 0.806. The SMILES string of the molecule is C[C@H]1CC[C@@H](C(=O)N2CC(F)(F)C[C@H]2C(N)=O)N1C(=O)OC(C)(C)C. The lowest BCUT2D eigenvalue weighted by atomic mass is 10.1. The normalized spacial score (nSPS) is 29.0. The van der Waals surface area contributed by atoms with Crippen LogP contribution in [0.3, 0.4) is 0 Å². The number of primary amides is 1. The van der Waals surface area contributed by atoms with Crippen LogP contribution in [0.1, 0.15) is 47.0 Å². The Balaban J connectivity index is 2.22. The molecule has 0 spiro atoms. The number of carbonyl (C=O) groups is 3. The van der Waals surface area contributed by atoms with Crippen molar-refractivity contribution in [1.82, 2.24) is 9.80 Å². The average molecular weight is 361 g/mol. The molecule has 7 nitrogen and oxygen atoms in total. The molecule has 0 aliphatic carbocycles. The third-order valence-electron chi connectivity index (χ3n) is 4.44. The summed E-state index contributed by atoms with van der Waals surface area (Å²) in [5, 5.41) is 0. The van der Waals surface area contributed by atoms with Gasteiger partial charge in [-0.2, -0.15) is 0 Å². The fraction of sp³-hybridized carbons (Fsp3) is 0.812. The zero-order chi connectivity index (χ0) is 19.2. The Labute approximate surface area is 145 Å². The van der Waals surface area contributed by atoms with Crippen LogP contribution in [0, 0.1) is 0 Å². The predicted octanol–water partition coefficient (Wildman–Crippen LogP) is 1.50. The Morgan fingerprint density at radius 1 is 1.16 bits per heavy atom. The number of halogens is 2. The van der Waals surface area contributed by atoms with Crippen molar-refractivity contribution in [3.05, 3.63) is 0 Å². The molecule has 3 atom stereocenters. The Kier molecular flexibility index (Phi) is 4.98.